The number of rotatable bonds is 9. The van der Waals surface area contributed by atoms with E-state index < -0.39 is 7.82 Å². The first kappa shape index (κ1) is 38.0. The summed E-state index contributed by atoms with van der Waals surface area (Å²) in [6.45, 7) is 10.1. The number of aryl methyl sites for hydroxylation is 7. The van der Waals surface area contributed by atoms with Gasteiger partial charge in [-0.15, -0.1) is 0 Å². The van der Waals surface area contributed by atoms with Crippen LogP contribution in [0.15, 0.2) is 74.9 Å². The second-order valence-corrected chi connectivity index (χ2v) is 10.6. The van der Waals surface area contributed by atoms with Gasteiger partial charge in [0.1, 0.15) is 37.2 Å². The van der Waals surface area contributed by atoms with Crippen LogP contribution >= 0.6 is 7.82 Å². The van der Waals surface area contributed by atoms with E-state index in [0.717, 1.165) is 19.6 Å². The maximum atomic E-state index is 8.55. The van der Waals surface area contributed by atoms with Crippen LogP contribution in [0.1, 0.15) is 59.3 Å². The lowest BCUT2D eigenvalue weighted by Gasteiger charge is -2.36. The van der Waals surface area contributed by atoms with E-state index in [1.165, 1.54) is 38.5 Å². The third kappa shape index (κ3) is 24.5. The molecule has 0 aliphatic heterocycles. The molecule has 0 N–H and O–H groups in total. The molecule has 0 atom stereocenters. The zero-order valence-electron chi connectivity index (χ0n) is 26.0. The molecule has 0 spiro atoms. The summed E-state index contributed by atoms with van der Waals surface area (Å²) in [6.07, 6.45) is 31.8. The lowest BCUT2D eigenvalue weighted by molar-refractivity contribution is -0.671. The smallest absolute Gasteiger partial charge is 0.243 e. The second kappa shape index (κ2) is 22.6. The Morgan fingerprint density at radius 2 is 0.976 bits per heavy atom. The SMILES string of the molecule is CCCCn1cc[n+](C)c1.CCCCn1cc[n+](C)c1.CCCCn1cc[n+](C)c1.Cn1ccnc1.O=P([O-])([O-])[O-]. The highest BCUT2D eigenvalue weighted by atomic mass is 31.2. The summed E-state index contributed by atoms with van der Waals surface area (Å²) < 4.78 is 23.3. The molecule has 0 aliphatic rings. The van der Waals surface area contributed by atoms with E-state index in [1.54, 1.807) is 12.5 Å². The maximum absolute atomic E-state index is 8.55. The predicted molar refractivity (Wildman–Crippen MR) is 152 cm³/mol. The lowest BCUT2D eigenvalue weighted by Crippen LogP contribution is -2.24. The fourth-order valence-corrected chi connectivity index (χ4v) is 3.25. The fourth-order valence-electron chi connectivity index (χ4n) is 3.25. The van der Waals surface area contributed by atoms with Crippen molar-refractivity contribution in [3.05, 3.63) is 74.9 Å². The van der Waals surface area contributed by atoms with Crippen LogP contribution in [-0.2, 0) is 52.4 Å². The largest absolute Gasteiger partial charge is 0.822 e. The van der Waals surface area contributed by atoms with Gasteiger partial charge in [-0.05, 0) is 19.3 Å². The lowest BCUT2D eigenvalue weighted by atomic mass is 10.3. The topological polar surface area (TPSA) is 130 Å². The van der Waals surface area contributed by atoms with Crippen LogP contribution in [0.4, 0.5) is 0 Å². The molecule has 0 saturated heterocycles. The molecule has 0 saturated carbocycles. The number of nitrogens with zero attached hydrogens (tertiary/aromatic N) is 8. The first-order valence-electron chi connectivity index (χ1n) is 14.1. The number of aromatic nitrogens is 8. The summed E-state index contributed by atoms with van der Waals surface area (Å²) in [6, 6.07) is 0. The maximum Gasteiger partial charge on any atom is 0.243 e. The highest BCUT2D eigenvalue weighted by Crippen LogP contribution is 2.03. The van der Waals surface area contributed by atoms with Gasteiger partial charge in [0.25, 0.3) is 0 Å². The summed E-state index contributed by atoms with van der Waals surface area (Å²) in [5.41, 5.74) is 0. The van der Waals surface area contributed by atoms with Crippen LogP contribution in [0.2, 0.25) is 0 Å². The van der Waals surface area contributed by atoms with Gasteiger partial charge in [-0.2, -0.15) is 7.82 Å². The fraction of sp³-hybridized carbons (Fsp3) is 0.571. The van der Waals surface area contributed by atoms with E-state index >= 15 is 0 Å². The van der Waals surface area contributed by atoms with Gasteiger partial charge in [-0.3, -0.25) is 0 Å². The molecular formula is C28H51N8O4P. The summed E-state index contributed by atoms with van der Waals surface area (Å²) in [5.74, 6) is 0. The zero-order chi connectivity index (χ0) is 31.1. The van der Waals surface area contributed by atoms with E-state index in [4.69, 9.17) is 19.2 Å². The molecule has 0 aromatic carbocycles. The molecule has 0 bridgehead atoms. The van der Waals surface area contributed by atoms with Crippen molar-refractivity contribution in [3.8, 4) is 0 Å². The van der Waals surface area contributed by atoms with Crippen LogP contribution in [0.3, 0.4) is 0 Å². The number of unbranched alkanes of at least 4 members (excludes halogenated alkanes) is 3. The van der Waals surface area contributed by atoms with Crippen LogP contribution in [0, 0.1) is 0 Å². The summed E-state index contributed by atoms with van der Waals surface area (Å²) in [5, 5.41) is 0. The van der Waals surface area contributed by atoms with E-state index in [9.17, 15) is 0 Å². The van der Waals surface area contributed by atoms with E-state index in [0.29, 0.717) is 0 Å². The highest BCUT2D eigenvalue weighted by molar-refractivity contribution is 7.40. The Hall–Kier alpha value is -3.05. The van der Waals surface area contributed by atoms with Crippen molar-refractivity contribution in [2.24, 2.45) is 28.2 Å². The third-order valence-corrected chi connectivity index (χ3v) is 5.42. The van der Waals surface area contributed by atoms with Gasteiger partial charge in [0, 0.05) is 19.4 Å². The van der Waals surface area contributed by atoms with Crippen LogP contribution in [-0.4, -0.2) is 23.3 Å². The Morgan fingerprint density at radius 1 is 0.659 bits per heavy atom. The molecule has 0 aliphatic carbocycles. The number of phosphoric acid groups is 1. The molecule has 232 valence electrons. The number of imidazole rings is 4. The molecular weight excluding hydrogens is 543 g/mol. The van der Waals surface area contributed by atoms with Crippen molar-refractivity contribution in [2.45, 2.75) is 78.9 Å². The van der Waals surface area contributed by atoms with Gasteiger partial charge < -0.3 is 23.8 Å². The Bertz CT molecular complexity index is 1070. The molecule has 13 heteroatoms. The summed E-state index contributed by atoms with van der Waals surface area (Å²) >= 11 is 0. The molecule has 0 fully saturated rings. The van der Waals surface area contributed by atoms with E-state index in [1.807, 2.05) is 39.0 Å². The first-order chi connectivity index (χ1) is 19.4. The normalized spacial score (nSPS) is 10.2. The molecule has 4 heterocycles. The summed E-state index contributed by atoms with van der Waals surface area (Å²) in [7, 11) is 2.68. The van der Waals surface area contributed by atoms with Gasteiger partial charge in [0.2, 0.25) is 19.0 Å². The Morgan fingerprint density at radius 3 is 1.12 bits per heavy atom. The molecule has 0 amide bonds. The average molecular weight is 595 g/mol. The minimum absolute atomic E-state index is 1.15. The van der Waals surface area contributed by atoms with Crippen molar-refractivity contribution < 1.29 is 32.9 Å². The second-order valence-electron chi connectivity index (χ2n) is 9.69. The highest BCUT2D eigenvalue weighted by Gasteiger charge is 1.98. The zero-order valence-corrected chi connectivity index (χ0v) is 26.8. The Balaban J connectivity index is 0.000000500. The Labute approximate surface area is 246 Å². The van der Waals surface area contributed by atoms with Crippen molar-refractivity contribution in [3.63, 3.8) is 0 Å². The van der Waals surface area contributed by atoms with Gasteiger partial charge in [0.05, 0.1) is 47.1 Å². The number of hydrogen-bond donors (Lipinski definition) is 0. The van der Waals surface area contributed by atoms with Gasteiger partial charge >= 0.3 is 0 Å². The van der Waals surface area contributed by atoms with E-state index in [-0.39, 0.29) is 0 Å². The molecule has 0 unspecified atom stereocenters. The average Bonchev–Trinajstić information content (AvgIpc) is 3.71. The third-order valence-electron chi connectivity index (χ3n) is 5.42. The molecule has 4 aromatic rings. The molecule has 12 nitrogen and oxygen atoms in total. The molecule has 0 radical (unpaired) electrons. The van der Waals surface area contributed by atoms with Gasteiger partial charge in [0.15, 0.2) is 0 Å². The molecule has 4 rings (SSSR count). The van der Waals surface area contributed by atoms with Crippen LogP contribution in [0.5, 0.6) is 0 Å². The van der Waals surface area contributed by atoms with Crippen molar-refractivity contribution in [1.29, 1.82) is 0 Å². The van der Waals surface area contributed by atoms with Crippen molar-refractivity contribution in [1.82, 2.24) is 23.3 Å². The van der Waals surface area contributed by atoms with Gasteiger partial charge in [-0.25, -0.2) is 32.4 Å². The molecule has 4 aromatic heterocycles. The van der Waals surface area contributed by atoms with Crippen molar-refractivity contribution >= 4 is 7.82 Å². The van der Waals surface area contributed by atoms with Gasteiger partial charge in [-0.1, -0.05) is 40.0 Å². The predicted octanol–water partition coefficient (Wildman–Crippen LogP) is 0.934. The summed E-state index contributed by atoms with van der Waals surface area (Å²) in [4.78, 5) is 29.4. The Kier molecular flexibility index (Phi) is 20.9. The minimum atomic E-state index is -5.39. The van der Waals surface area contributed by atoms with E-state index in [2.05, 4.69) is 109 Å². The molecule has 41 heavy (non-hydrogen) atoms. The standard InChI is InChI=1S/3C8H15N2.C4H6N2.H3O4P/c3*1-3-4-5-10-7-6-9(2)8-10;1-6-3-2-5-4-6;1-5(2,3)4/h3*6-8H,3-5H2,1-2H3;2-4H,1H3;(H3,1,2,3,4)/q3*+1;;/p-3. The van der Waals surface area contributed by atoms with Crippen molar-refractivity contribution in [2.75, 3.05) is 0 Å². The monoisotopic (exact) mass is 594 g/mol. The van der Waals surface area contributed by atoms with Crippen LogP contribution < -0.4 is 28.4 Å². The minimum Gasteiger partial charge on any atom is -0.822 e. The first-order valence-corrected chi connectivity index (χ1v) is 15.5. The van der Waals surface area contributed by atoms with Crippen LogP contribution in [0.25, 0.3) is 0 Å². The number of hydrogen-bond acceptors (Lipinski definition) is 5. The quantitative estimate of drug-likeness (QED) is 0.210.